The Kier molecular flexibility index (Phi) is 4.81. The van der Waals surface area contributed by atoms with Crippen molar-refractivity contribution < 1.29 is 18.1 Å². The number of aliphatic imine (C=N–C) groups is 1. The van der Waals surface area contributed by atoms with Crippen LogP contribution >= 0.6 is 11.6 Å². The summed E-state index contributed by atoms with van der Waals surface area (Å²) in [6, 6.07) is 7.35. The quantitative estimate of drug-likeness (QED) is 0.469. The molecule has 0 radical (unpaired) electrons. The molecule has 2 aromatic rings. The second kappa shape index (κ2) is 6.50. The topological polar surface area (TPSA) is 107 Å². The van der Waals surface area contributed by atoms with E-state index >= 15 is 0 Å². The van der Waals surface area contributed by atoms with Gasteiger partial charge >= 0.3 is 0 Å². The first kappa shape index (κ1) is 17.8. The number of carbonyl (C=O) groups excluding carboxylic acids is 1. The van der Waals surface area contributed by atoms with Crippen molar-refractivity contribution in [1.82, 2.24) is 0 Å². The van der Waals surface area contributed by atoms with Gasteiger partial charge in [0.05, 0.1) is 15.4 Å². The van der Waals surface area contributed by atoms with E-state index in [4.69, 9.17) is 11.6 Å². The van der Waals surface area contributed by atoms with Crippen LogP contribution in [0.1, 0.15) is 15.9 Å². The van der Waals surface area contributed by atoms with E-state index in [9.17, 15) is 23.3 Å². The van der Waals surface area contributed by atoms with Crippen molar-refractivity contribution in [2.24, 2.45) is 4.99 Å². The highest BCUT2D eigenvalue weighted by Crippen LogP contribution is 2.33. The number of halogens is 1. The Bertz CT molecular complexity index is 970. The monoisotopic (exact) mass is 366 g/mol. The Hall–Kier alpha value is -2.58. The molecule has 2 rings (SSSR count). The summed E-state index contributed by atoms with van der Waals surface area (Å²) in [4.78, 5) is 24.6. The van der Waals surface area contributed by atoms with Gasteiger partial charge in [0.1, 0.15) is 4.90 Å². The molecule has 0 aliphatic rings. The molecule has 0 N–H and O–H groups in total. The van der Waals surface area contributed by atoms with Crippen LogP contribution in [0.25, 0.3) is 0 Å². The van der Waals surface area contributed by atoms with E-state index < -0.39 is 31.3 Å². The highest BCUT2D eigenvalue weighted by molar-refractivity contribution is 7.91. The number of hydrogen-bond acceptors (Lipinski definition) is 5. The van der Waals surface area contributed by atoms with Crippen LogP contribution in [0.4, 0.5) is 5.69 Å². The largest absolute Gasteiger partial charge is 0.289 e. The summed E-state index contributed by atoms with van der Waals surface area (Å²) in [7, 11) is -4.19. The van der Waals surface area contributed by atoms with Crippen molar-refractivity contribution in [2.45, 2.75) is 16.7 Å². The summed E-state index contributed by atoms with van der Waals surface area (Å²) in [5.74, 6) is -0.776. The van der Waals surface area contributed by atoms with Crippen LogP contribution in [0.3, 0.4) is 0 Å². The average Bonchev–Trinajstić information content (AvgIpc) is 2.53. The Morgan fingerprint density at radius 3 is 2.50 bits per heavy atom. The molecule has 0 fully saturated rings. The SMILES string of the molecule is C=NC(=O)c1cc([N+](=O)[O-])c(S(=O)(=O)c2cccc(Cl)c2)cc1C. The lowest BCUT2D eigenvalue weighted by Gasteiger charge is -2.09. The van der Waals surface area contributed by atoms with E-state index in [1.165, 1.54) is 31.2 Å². The third-order valence-electron chi connectivity index (χ3n) is 3.27. The summed E-state index contributed by atoms with van der Waals surface area (Å²) < 4.78 is 25.5. The third kappa shape index (κ3) is 3.19. The second-order valence-corrected chi connectivity index (χ2v) is 7.17. The minimum Gasteiger partial charge on any atom is -0.267 e. The molecule has 9 heteroatoms. The van der Waals surface area contributed by atoms with Gasteiger partial charge in [0.25, 0.3) is 11.6 Å². The van der Waals surface area contributed by atoms with Crippen LogP contribution in [0, 0.1) is 17.0 Å². The first-order valence-electron chi connectivity index (χ1n) is 6.49. The van der Waals surface area contributed by atoms with Gasteiger partial charge in [-0.15, -0.1) is 0 Å². The van der Waals surface area contributed by atoms with E-state index in [0.717, 1.165) is 12.1 Å². The Balaban J connectivity index is 2.78. The normalized spacial score (nSPS) is 11.1. The molecule has 0 heterocycles. The molecule has 124 valence electrons. The zero-order chi connectivity index (χ0) is 18.1. The minimum atomic E-state index is -4.19. The summed E-state index contributed by atoms with van der Waals surface area (Å²) in [6.45, 7) is 4.54. The molecule has 1 amide bonds. The summed E-state index contributed by atoms with van der Waals surface area (Å²) in [5, 5.41) is 11.5. The number of sulfone groups is 1. The van der Waals surface area contributed by atoms with Gasteiger partial charge < -0.3 is 0 Å². The van der Waals surface area contributed by atoms with Gasteiger partial charge in [0.15, 0.2) is 0 Å². The van der Waals surface area contributed by atoms with Gasteiger partial charge in [-0.1, -0.05) is 17.7 Å². The summed E-state index contributed by atoms with van der Waals surface area (Å²) in [5.41, 5.74) is -0.562. The van der Waals surface area contributed by atoms with Gasteiger partial charge in [-0.05, 0) is 43.5 Å². The van der Waals surface area contributed by atoms with Crippen molar-refractivity contribution in [3.63, 3.8) is 0 Å². The van der Waals surface area contributed by atoms with E-state index in [0.29, 0.717) is 0 Å². The van der Waals surface area contributed by atoms with E-state index in [1.807, 2.05) is 0 Å². The highest BCUT2D eigenvalue weighted by atomic mass is 35.5. The van der Waals surface area contributed by atoms with Crippen molar-refractivity contribution in [3.8, 4) is 0 Å². The summed E-state index contributed by atoms with van der Waals surface area (Å²) >= 11 is 5.80. The lowest BCUT2D eigenvalue weighted by molar-refractivity contribution is -0.387. The molecule has 0 aromatic heterocycles. The predicted molar refractivity (Wildman–Crippen MR) is 88.6 cm³/mol. The zero-order valence-electron chi connectivity index (χ0n) is 12.4. The van der Waals surface area contributed by atoms with Crippen molar-refractivity contribution >= 4 is 39.8 Å². The number of benzene rings is 2. The number of amides is 1. The maximum absolute atomic E-state index is 12.7. The molecule has 24 heavy (non-hydrogen) atoms. The smallest absolute Gasteiger partial charge is 0.267 e. The fourth-order valence-electron chi connectivity index (χ4n) is 2.10. The molecule has 0 atom stereocenters. The van der Waals surface area contributed by atoms with Gasteiger partial charge in [-0.2, -0.15) is 0 Å². The number of nitro groups is 1. The number of hydrogen-bond donors (Lipinski definition) is 0. The Morgan fingerprint density at radius 2 is 1.96 bits per heavy atom. The zero-order valence-corrected chi connectivity index (χ0v) is 14.0. The average molecular weight is 367 g/mol. The molecule has 0 saturated carbocycles. The lowest BCUT2D eigenvalue weighted by Crippen LogP contribution is -2.09. The Labute approximate surface area is 142 Å². The molecule has 0 spiro atoms. The van der Waals surface area contributed by atoms with E-state index in [-0.39, 0.29) is 21.0 Å². The Morgan fingerprint density at radius 1 is 1.29 bits per heavy atom. The molecule has 0 saturated heterocycles. The van der Waals surface area contributed by atoms with Crippen molar-refractivity contribution in [3.05, 3.63) is 62.7 Å². The van der Waals surface area contributed by atoms with Gasteiger partial charge in [-0.3, -0.25) is 14.9 Å². The first-order chi connectivity index (χ1) is 11.2. The van der Waals surface area contributed by atoms with Gasteiger partial charge in [0.2, 0.25) is 9.84 Å². The van der Waals surface area contributed by atoms with Crippen LogP contribution in [-0.2, 0) is 9.84 Å². The van der Waals surface area contributed by atoms with Gasteiger partial charge in [-0.25, -0.2) is 13.4 Å². The van der Waals surface area contributed by atoms with E-state index in [1.54, 1.807) is 0 Å². The predicted octanol–water partition coefficient (Wildman–Crippen LogP) is 3.23. The van der Waals surface area contributed by atoms with Gasteiger partial charge in [0, 0.05) is 11.1 Å². The number of nitrogens with zero attached hydrogens (tertiary/aromatic N) is 2. The van der Waals surface area contributed by atoms with Crippen molar-refractivity contribution in [1.29, 1.82) is 0 Å². The fraction of sp³-hybridized carbons (Fsp3) is 0.0667. The number of nitro benzene ring substituents is 1. The number of carbonyl (C=O) groups is 1. The maximum atomic E-state index is 12.7. The lowest BCUT2D eigenvalue weighted by atomic mass is 10.1. The highest BCUT2D eigenvalue weighted by Gasteiger charge is 2.30. The third-order valence-corrected chi connectivity index (χ3v) is 5.29. The van der Waals surface area contributed by atoms with Crippen LogP contribution < -0.4 is 0 Å². The number of rotatable bonds is 4. The molecular formula is C15H11ClN2O5S. The van der Waals surface area contributed by atoms with Crippen LogP contribution in [-0.4, -0.2) is 26.0 Å². The molecule has 2 aromatic carbocycles. The molecule has 0 aliphatic carbocycles. The molecule has 0 aliphatic heterocycles. The molecular weight excluding hydrogens is 356 g/mol. The molecule has 7 nitrogen and oxygen atoms in total. The van der Waals surface area contributed by atoms with E-state index in [2.05, 4.69) is 11.7 Å². The minimum absolute atomic E-state index is 0.0817. The van der Waals surface area contributed by atoms with Crippen LogP contribution in [0.2, 0.25) is 5.02 Å². The second-order valence-electron chi connectivity index (χ2n) is 4.82. The van der Waals surface area contributed by atoms with Crippen LogP contribution in [0.5, 0.6) is 0 Å². The fourth-order valence-corrected chi connectivity index (χ4v) is 3.89. The van der Waals surface area contributed by atoms with Crippen LogP contribution in [0.15, 0.2) is 51.2 Å². The molecule has 0 bridgehead atoms. The summed E-state index contributed by atoms with van der Waals surface area (Å²) in [6.07, 6.45) is 0. The maximum Gasteiger partial charge on any atom is 0.289 e. The molecule has 0 unspecified atom stereocenters. The number of aryl methyl sites for hydroxylation is 1. The van der Waals surface area contributed by atoms with Crippen molar-refractivity contribution in [2.75, 3.05) is 0 Å². The first-order valence-corrected chi connectivity index (χ1v) is 8.35. The standard InChI is InChI=1S/C15H11ClN2O5S/c1-9-6-14(13(18(20)21)8-12(9)15(19)17-2)24(22,23)11-5-3-4-10(16)7-11/h3-8H,2H2,1H3.